The van der Waals surface area contributed by atoms with Crippen LogP contribution in [0.5, 0.6) is 0 Å². The number of nitrogens with zero attached hydrogens (tertiary/aromatic N) is 2. The smallest absolute Gasteiger partial charge is 0.341 e. The number of aromatic carboxylic acids is 1. The van der Waals surface area contributed by atoms with Crippen LogP contribution in [0, 0.1) is 11.6 Å². The normalized spacial score (nSPS) is 22.2. The van der Waals surface area contributed by atoms with E-state index < -0.39 is 28.6 Å². The number of fused-ring (bicyclic) bond motifs is 1. The molecule has 2 unspecified atom stereocenters. The van der Waals surface area contributed by atoms with E-state index >= 15 is 4.39 Å². The van der Waals surface area contributed by atoms with Crippen LogP contribution in [0.4, 0.5) is 14.5 Å². The third-order valence-electron chi connectivity index (χ3n) is 5.61. The molecular formula is C19H21F2N3O4. The highest BCUT2D eigenvalue weighted by atomic mass is 19.1. The summed E-state index contributed by atoms with van der Waals surface area (Å²) in [5, 5.41) is 12.1. The lowest BCUT2D eigenvalue weighted by Crippen LogP contribution is -2.37. The van der Waals surface area contributed by atoms with Crippen LogP contribution in [-0.2, 0) is 4.74 Å². The quantitative estimate of drug-likeness (QED) is 0.805. The molecule has 1 aliphatic heterocycles. The molecule has 7 nitrogen and oxygen atoms in total. The minimum Gasteiger partial charge on any atom is -0.477 e. The summed E-state index contributed by atoms with van der Waals surface area (Å²) in [6.07, 6.45) is 2.44. The predicted molar refractivity (Wildman–Crippen MR) is 99.2 cm³/mol. The average Bonchev–Trinajstić information content (AvgIpc) is 3.42. The maximum Gasteiger partial charge on any atom is 0.341 e. The van der Waals surface area contributed by atoms with Gasteiger partial charge in [0.15, 0.2) is 5.82 Å². The van der Waals surface area contributed by atoms with E-state index in [9.17, 15) is 19.1 Å². The van der Waals surface area contributed by atoms with Gasteiger partial charge in [-0.3, -0.25) is 4.79 Å². The zero-order valence-corrected chi connectivity index (χ0v) is 15.5. The Balaban J connectivity index is 1.93. The number of carboxylic acids is 1. The van der Waals surface area contributed by atoms with Gasteiger partial charge in [-0.1, -0.05) is 0 Å². The molecule has 2 aliphatic rings. The summed E-state index contributed by atoms with van der Waals surface area (Å²) < 4.78 is 37.3. The summed E-state index contributed by atoms with van der Waals surface area (Å²) >= 11 is 0. The number of halogens is 2. The molecule has 0 radical (unpaired) electrons. The first-order valence-corrected chi connectivity index (χ1v) is 9.12. The summed E-state index contributed by atoms with van der Waals surface area (Å²) in [7, 11) is 3.30. The van der Waals surface area contributed by atoms with Gasteiger partial charge in [0.2, 0.25) is 5.43 Å². The second kappa shape index (κ2) is 6.82. The van der Waals surface area contributed by atoms with Crippen molar-refractivity contribution in [1.82, 2.24) is 9.88 Å². The number of hydrogen-bond donors (Lipinski definition) is 2. The van der Waals surface area contributed by atoms with Crippen LogP contribution < -0.4 is 15.6 Å². The van der Waals surface area contributed by atoms with Gasteiger partial charge in [0.1, 0.15) is 17.1 Å². The molecule has 150 valence electrons. The second-order valence-electron chi connectivity index (χ2n) is 7.31. The van der Waals surface area contributed by atoms with Crippen molar-refractivity contribution in [3.63, 3.8) is 0 Å². The first-order chi connectivity index (χ1) is 13.4. The number of anilines is 1. The van der Waals surface area contributed by atoms with Crippen LogP contribution in [0.15, 0.2) is 17.1 Å². The van der Waals surface area contributed by atoms with Gasteiger partial charge in [0.25, 0.3) is 0 Å². The SMILES string of the molecule is CNC1CN(c2c(F)cc3c(=O)c(C(=O)O)cn(C4CC4)c3c2F)CC1OC. The Morgan fingerprint density at radius 3 is 2.57 bits per heavy atom. The molecular weight excluding hydrogens is 372 g/mol. The van der Waals surface area contributed by atoms with Gasteiger partial charge in [0, 0.05) is 32.4 Å². The first kappa shape index (κ1) is 18.8. The van der Waals surface area contributed by atoms with Crippen LogP contribution in [0.2, 0.25) is 0 Å². The van der Waals surface area contributed by atoms with Crippen LogP contribution >= 0.6 is 0 Å². The number of nitrogens with one attached hydrogen (secondary N) is 1. The number of carboxylic acid groups (broad SMARTS) is 1. The van der Waals surface area contributed by atoms with Crippen molar-refractivity contribution >= 4 is 22.6 Å². The minimum absolute atomic E-state index is 0.0456. The lowest BCUT2D eigenvalue weighted by molar-refractivity contribution is 0.0694. The summed E-state index contributed by atoms with van der Waals surface area (Å²) in [6.45, 7) is 0.636. The Hall–Kier alpha value is -2.52. The molecule has 4 rings (SSSR count). The zero-order chi connectivity index (χ0) is 20.2. The number of aromatic nitrogens is 1. The number of ether oxygens (including phenoxy) is 1. The Kier molecular flexibility index (Phi) is 4.59. The molecule has 0 spiro atoms. The summed E-state index contributed by atoms with van der Waals surface area (Å²) in [5.74, 6) is -3.15. The van der Waals surface area contributed by atoms with Gasteiger partial charge in [-0.2, -0.15) is 0 Å². The molecule has 1 saturated carbocycles. The molecule has 2 aromatic rings. The molecule has 1 saturated heterocycles. The van der Waals surface area contributed by atoms with Crippen LogP contribution in [-0.4, -0.2) is 55.0 Å². The van der Waals surface area contributed by atoms with E-state index in [1.54, 1.807) is 19.1 Å². The number of benzene rings is 1. The third-order valence-corrected chi connectivity index (χ3v) is 5.61. The van der Waals surface area contributed by atoms with Crippen molar-refractivity contribution in [2.45, 2.75) is 31.0 Å². The van der Waals surface area contributed by atoms with E-state index in [0.717, 1.165) is 18.9 Å². The van der Waals surface area contributed by atoms with Gasteiger partial charge >= 0.3 is 5.97 Å². The van der Waals surface area contributed by atoms with E-state index in [4.69, 9.17) is 4.74 Å². The van der Waals surface area contributed by atoms with Crippen molar-refractivity contribution in [2.75, 3.05) is 32.1 Å². The highest BCUT2D eigenvalue weighted by molar-refractivity contribution is 5.94. The van der Waals surface area contributed by atoms with Crippen molar-refractivity contribution in [1.29, 1.82) is 0 Å². The number of carbonyl (C=O) groups is 1. The van der Waals surface area contributed by atoms with E-state index in [0.29, 0.717) is 13.1 Å². The van der Waals surface area contributed by atoms with Gasteiger partial charge in [-0.15, -0.1) is 0 Å². The third kappa shape index (κ3) is 2.85. The minimum atomic E-state index is -1.41. The van der Waals surface area contributed by atoms with Crippen LogP contribution in [0.25, 0.3) is 10.9 Å². The summed E-state index contributed by atoms with van der Waals surface area (Å²) in [5.41, 5.74) is -1.63. The van der Waals surface area contributed by atoms with Crippen LogP contribution in [0.1, 0.15) is 29.2 Å². The zero-order valence-electron chi connectivity index (χ0n) is 15.5. The lowest BCUT2D eigenvalue weighted by atomic mass is 10.1. The maximum absolute atomic E-state index is 15.6. The monoisotopic (exact) mass is 393 g/mol. The molecule has 1 aliphatic carbocycles. The number of pyridine rings is 1. The van der Waals surface area contributed by atoms with Gasteiger partial charge < -0.3 is 24.6 Å². The van der Waals surface area contributed by atoms with E-state index in [1.165, 1.54) is 10.8 Å². The van der Waals surface area contributed by atoms with E-state index in [1.807, 2.05) is 0 Å². The fraction of sp³-hybridized carbons (Fsp3) is 0.474. The fourth-order valence-electron chi connectivity index (χ4n) is 3.99. The Bertz CT molecular complexity index is 1010. The molecule has 2 N–H and O–H groups in total. The van der Waals surface area contributed by atoms with Gasteiger partial charge in [-0.25, -0.2) is 13.6 Å². The summed E-state index contributed by atoms with van der Waals surface area (Å²) in [6, 6.07) is 0.763. The van der Waals surface area contributed by atoms with E-state index in [2.05, 4.69) is 5.32 Å². The molecule has 2 fully saturated rings. The maximum atomic E-state index is 15.6. The van der Waals surface area contributed by atoms with Crippen molar-refractivity contribution < 1.29 is 23.4 Å². The number of likely N-dealkylation sites (N-methyl/N-ethyl adjacent to an activating group) is 1. The Morgan fingerprint density at radius 2 is 2.04 bits per heavy atom. The highest BCUT2D eigenvalue weighted by Gasteiger charge is 2.36. The van der Waals surface area contributed by atoms with Gasteiger partial charge in [0.05, 0.1) is 23.0 Å². The predicted octanol–water partition coefficient (Wildman–Crippen LogP) is 1.74. The van der Waals surface area contributed by atoms with Crippen LogP contribution in [0.3, 0.4) is 0 Å². The first-order valence-electron chi connectivity index (χ1n) is 9.12. The molecule has 2 heterocycles. The van der Waals surface area contributed by atoms with Crippen molar-refractivity contribution in [3.8, 4) is 0 Å². The molecule has 1 aromatic carbocycles. The number of hydrogen-bond acceptors (Lipinski definition) is 5. The van der Waals surface area contributed by atoms with E-state index in [-0.39, 0.29) is 34.8 Å². The Morgan fingerprint density at radius 1 is 1.32 bits per heavy atom. The molecule has 28 heavy (non-hydrogen) atoms. The standard InChI is InChI=1S/C19H21F2N3O4/c1-22-13-7-23(8-14(13)28-2)17-12(20)5-10-16(15(17)21)24(9-3-4-9)6-11(18(10)25)19(26)27/h5-6,9,13-14,22H,3-4,7-8H2,1-2H3,(H,26,27). The molecule has 1 aromatic heterocycles. The van der Waals surface area contributed by atoms with Gasteiger partial charge in [-0.05, 0) is 26.0 Å². The lowest BCUT2D eigenvalue weighted by Gasteiger charge is -2.22. The van der Waals surface area contributed by atoms with Crippen molar-refractivity contribution in [2.24, 2.45) is 0 Å². The number of rotatable bonds is 5. The van der Waals surface area contributed by atoms with Crippen molar-refractivity contribution in [3.05, 3.63) is 39.7 Å². The fourth-order valence-corrected chi connectivity index (χ4v) is 3.99. The molecule has 2 atom stereocenters. The number of methoxy groups -OCH3 is 1. The Labute approximate surface area is 159 Å². The molecule has 9 heteroatoms. The molecule has 0 bridgehead atoms. The summed E-state index contributed by atoms with van der Waals surface area (Å²) in [4.78, 5) is 25.5. The average molecular weight is 393 g/mol. The molecule has 0 amide bonds. The highest BCUT2D eigenvalue weighted by Crippen LogP contribution is 2.40. The second-order valence-corrected chi connectivity index (χ2v) is 7.31. The topological polar surface area (TPSA) is 83.8 Å². The largest absolute Gasteiger partial charge is 0.477 e.